The van der Waals surface area contributed by atoms with Gasteiger partial charge in [0.25, 0.3) is 0 Å². The van der Waals surface area contributed by atoms with Crippen molar-refractivity contribution >= 4 is 16.8 Å². The van der Waals surface area contributed by atoms with Crippen LogP contribution in [-0.2, 0) is 6.54 Å². The van der Waals surface area contributed by atoms with Crippen LogP contribution in [0.3, 0.4) is 0 Å². The van der Waals surface area contributed by atoms with E-state index < -0.39 is 0 Å². The van der Waals surface area contributed by atoms with Gasteiger partial charge in [-0.25, -0.2) is 4.98 Å². The number of benzene rings is 2. The van der Waals surface area contributed by atoms with Crippen LogP contribution in [0.5, 0.6) is 5.75 Å². The number of hydrogen-bond acceptors (Lipinski definition) is 2. The molecule has 1 N–H and O–H groups in total. The molecule has 0 unspecified atom stereocenters. The van der Waals surface area contributed by atoms with Crippen molar-refractivity contribution in [2.75, 3.05) is 0 Å². The molecule has 0 aliphatic carbocycles. The van der Waals surface area contributed by atoms with Gasteiger partial charge in [0, 0.05) is 18.3 Å². The molecular weight excluding hydrogens is 274 g/mol. The third-order valence-corrected chi connectivity index (χ3v) is 3.84. The Morgan fingerprint density at radius 3 is 2.50 bits per heavy atom. The molecule has 0 aliphatic rings. The van der Waals surface area contributed by atoms with Crippen LogP contribution in [0, 0.1) is 0 Å². The first-order chi connectivity index (χ1) is 10.8. The number of phenols is 1. The zero-order valence-corrected chi connectivity index (χ0v) is 12.0. The number of aromatic nitrogens is 3. The fourth-order valence-electron chi connectivity index (χ4n) is 2.82. The van der Waals surface area contributed by atoms with E-state index in [1.165, 1.54) is 0 Å². The van der Waals surface area contributed by atoms with Gasteiger partial charge in [-0.1, -0.05) is 18.2 Å². The van der Waals surface area contributed by atoms with Crippen molar-refractivity contribution in [2.45, 2.75) is 6.54 Å². The van der Waals surface area contributed by atoms with Gasteiger partial charge in [0.2, 0.25) is 5.78 Å². The summed E-state index contributed by atoms with van der Waals surface area (Å²) in [4.78, 5) is 4.76. The number of nitrogens with zero attached hydrogens (tertiary/aromatic N) is 3. The van der Waals surface area contributed by atoms with Crippen LogP contribution in [-0.4, -0.2) is 19.1 Å². The second kappa shape index (κ2) is 4.77. The predicted octanol–water partition coefficient (Wildman–Crippen LogP) is 3.85. The van der Waals surface area contributed by atoms with Gasteiger partial charge < -0.3 is 9.67 Å². The largest absolute Gasteiger partial charge is 0.508 e. The highest BCUT2D eigenvalue weighted by molar-refractivity contribution is 5.82. The third-order valence-electron chi connectivity index (χ3n) is 3.84. The zero-order chi connectivity index (χ0) is 15.1. The Morgan fingerprint density at radius 1 is 1.05 bits per heavy atom. The van der Waals surface area contributed by atoms with Crippen molar-refractivity contribution in [2.24, 2.45) is 0 Å². The van der Waals surface area contributed by atoms with Crippen molar-refractivity contribution in [1.82, 2.24) is 14.0 Å². The van der Waals surface area contributed by atoms with Crippen LogP contribution in [0.25, 0.3) is 28.1 Å². The summed E-state index contributed by atoms with van der Waals surface area (Å²) in [6.45, 7) is 4.55. The smallest absolute Gasteiger partial charge is 0.215 e. The lowest BCUT2D eigenvalue weighted by molar-refractivity contribution is 0.475. The van der Waals surface area contributed by atoms with Crippen LogP contribution in [0.2, 0.25) is 0 Å². The molecule has 22 heavy (non-hydrogen) atoms. The Hall–Kier alpha value is -3.01. The maximum absolute atomic E-state index is 9.42. The number of fused-ring (bicyclic) bond motifs is 3. The van der Waals surface area contributed by atoms with E-state index in [-0.39, 0.29) is 5.75 Å². The van der Waals surface area contributed by atoms with Gasteiger partial charge in [-0.05, 0) is 36.4 Å². The van der Waals surface area contributed by atoms with Gasteiger partial charge in [-0.3, -0.25) is 4.40 Å². The second-order valence-electron chi connectivity index (χ2n) is 5.23. The Kier molecular flexibility index (Phi) is 2.76. The van der Waals surface area contributed by atoms with Crippen LogP contribution < -0.4 is 0 Å². The summed E-state index contributed by atoms with van der Waals surface area (Å²) in [5.41, 5.74) is 4.13. The van der Waals surface area contributed by atoms with E-state index in [1.54, 1.807) is 12.1 Å². The van der Waals surface area contributed by atoms with Gasteiger partial charge in [0.05, 0.1) is 16.7 Å². The fourth-order valence-corrected chi connectivity index (χ4v) is 2.82. The Balaban J connectivity index is 1.99. The highest BCUT2D eigenvalue weighted by Gasteiger charge is 2.13. The van der Waals surface area contributed by atoms with Crippen molar-refractivity contribution in [3.63, 3.8) is 0 Å². The van der Waals surface area contributed by atoms with E-state index in [0.29, 0.717) is 6.54 Å². The summed E-state index contributed by atoms with van der Waals surface area (Å²) in [6, 6.07) is 15.3. The molecular formula is C18H15N3O. The maximum Gasteiger partial charge on any atom is 0.215 e. The molecule has 108 valence electrons. The number of phenolic OH excluding ortho intramolecular Hbond substituents is 1. The molecule has 0 radical (unpaired) electrons. The molecule has 0 saturated carbocycles. The topological polar surface area (TPSA) is 42.5 Å². The molecule has 0 spiro atoms. The van der Waals surface area contributed by atoms with Gasteiger partial charge in [-0.2, -0.15) is 0 Å². The van der Waals surface area contributed by atoms with E-state index in [0.717, 1.165) is 28.1 Å². The number of aromatic hydroxyl groups is 1. The lowest BCUT2D eigenvalue weighted by atomic mass is 10.2. The van der Waals surface area contributed by atoms with E-state index in [2.05, 4.69) is 27.7 Å². The fraction of sp³-hybridized carbons (Fsp3) is 0.0556. The van der Waals surface area contributed by atoms with Gasteiger partial charge >= 0.3 is 0 Å². The van der Waals surface area contributed by atoms with Crippen LogP contribution >= 0.6 is 0 Å². The first-order valence-corrected chi connectivity index (χ1v) is 7.14. The minimum atomic E-state index is 0.258. The highest BCUT2D eigenvalue weighted by atomic mass is 16.3. The van der Waals surface area contributed by atoms with Crippen molar-refractivity contribution in [3.8, 4) is 17.0 Å². The minimum Gasteiger partial charge on any atom is -0.508 e. The van der Waals surface area contributed by atoms with Crippen molar-refractivity contribution in [1.29, 1.82) is 0 Å². The Bertz CT molecular complexity index is 977. The second-order valence-corrected chi connectivity index (χ2v) is 5.23. The molecule has 0 amide bonds. The van der Waals surface area contributed by atoms with E-state index in [9.17, 15) is 5.11 Å². The molecule has 2 aromatic heterocycles. The quantitative estimate of drug-likeness (QED) is 0.582. The number of imidazole rings is 2. The summed E-state index contributed by atoms with van der Waals surface area (Å²) in [5, 5.41) is 9.42. The van der Waals surface area contributed by atoms with Crippen LogP contribution in [0.1, 0.15) is 0 Å². The number of hydrogen-bond donors (Lipinski definition) is 1. The molecule has 0 bridgehead atoms. The highest BCUT2D eigenvalue weighted by Crippen LogP contribution is 2.26. The van der Waals surface area contributed by atoms with Crippen LogP contribution in [0.15, 0.2) is 67.4 Å². The molecule has 2 aromatic carbocycles. The molecule has 0 atom stereocenters. The number of rotatable bonds is 3. The summed E-state index contributed by atoms with van der Waals surface area (Å²) in [5.74, 6) is 1.15. The summed E-state index contributed by atoms with van der Waals surface area (Å²) < 4.78 is 4.24. The average molecular weight is 289 g/mol. The first-order valence-electron chi connectivity index (χ1n) is 7.14. The molecule has 4 aromatic rings. The minimum absolute atomic E-state index is 0.258. The summed E-state index contributed by atoms with van der Waals surface area (Å²) >= 11 is 0. The van der Waals surface area contributed by atoms with E-state index >= 15 is 0 Å². The summed E-state index contributed by atoms with van der Waals surface area (Å²) in [6.07, 6.45) is 3.91. The number of para-hydroxylation sites is 2. The average Bonchev–Trinajstić information content (AvgIpc) is 3.08. The monoisotopic (exact) mass is 289 g/mol. The normalized spacial score (nSPS) is 11.3. The lowest BCUT2D eigenvalue weighted by Crippen LogP contribution is -1.95. The Morgan fingerprint density at radius 2 is 1.77 bits per heavy atom. The SMILES string of the molecule is C=CCn1c2ccccc2n2cc(-c3ccc(O)cc3)nc12. The standard InChI is InChI=1S/C18H15N3O/c1-2-11-20-16-5-3-4-6-17(16)21-12-15(19-18(20)21)13-7-9-14(22)10-8-13/h2-10,12,22H,1,11H2. The third kappa shape index (κ3) is 1.81. The van der Waals surface area contributed by atoms with E-state index in [1.807, 2.05) is 36.5 Å². The van der Waals surface area contributed by atoms with Gasteiger partial charge in [0.1, 0.15) is 5.75 Å². The predicted molar refractivity (Wildman–Crippen MR) is 88.0 cm³/mol. The first kappa shape index (κ1) is 12.7. The molecule has 4 heteroatoms. The van der Waals surface area contributed by atoms with Gasteiger partial charge in [0.15, 0.2) is 0 Å². The molecule has 4 nitrogen and oxygen atoms in total. The van der Waals surface area contributed by atoms with Gasteiger partial charge in [-0.15, -0.1) is 6.58 Å². The Labute approximate surface area is 127 Å². The lowest BCUT2D eigenvalue weighted by Gasteiger charge is -2.00. The maximum atomic E-state index is 9.42. The molecule has 0 fully saturated rings. The zero-order valence-electron chi connectivity index (χ0n) is 12.0. The van der Waals surface area contributed by atoms with Crippen LogP contribution in [0.4, 0.5) is 0 Å². The molecule has 0 aliphatic heterocycles. The number of allylic oxidation sites excluding steroid dienone is 1. The molecule has 4 rings (SSSR count). The molecule has 2 heterocycles. The molecule has 0 saturated heterocycles. The summed E-state index contributed by atoms with van der Waals surface area (Å²) in [7, 11) is 0. The van der Waals surface area contributed by atoms with Crippen molar-refractivity contribution in [3.05, 3.63) is 67.4 Å². The van der Waals surface area contributed by atoms with E-state index in [4.69, 9.17) is 4.98 Å². The van der Waals surface area contributed by atoms with Crippen molar-refractivity contribution < 1.29 is 5.11 Å².